The maximum absolute atomic E-state index is 9.12. The number of aliphatic hydroxyl groups is 1. The molecule has 1 fully saturated rings. The van der Waals surface area contributed by atoms with E-state index in [9.17, 15) is 0 Å². The van der Waals surface area contributed by atoms with Gasteiger partial charge in [0, 0.05) is 17.8 Å². The molecule has 0 radical (unpaired) electrons. The number of hydrogen-bond acceptors (Lipinski definition) is 3. The fourth-order valence-corrected chi connectivity index (χ4v) is 2.06. The van der Waals surface area contributed by atoms with Crippen molar-refractivity contribution >= 4 is 11.8 Å². The highest BCUT2D eigenvalue weighted by Crippen LogP contribution is 2.30. The van der Waals surface area contributed by atoms with Gasteiger partial charge in [0.1, 0.15) is 0 Å². The molecule has 2 N–H and O–H groups in total. The van der Waals surface area contributed by atoms with Crippen molar-refractivity contribution in [3.05, 3.63) is 0 Å². The average Bonchev–Trinajstić information content (AvgIpc) is 2.02. The summed E-state index contributed by atoms with van der Waals surface area (Å²) < 4.78 is 0. The van der Waals surface area contributed by atoms with Crippen LogP contribution in [-0.2, 0) is 0 Å². The summed E-state index contributed by atoms with van der Waals surface area (Å²) in [5.74, 6) is 2.35. The molecule has 0 aromatic heterocycles. The summed E-state index contributed by atoms with van der Waals surface area (Å²) in [5.41, 5.74) is 0.105. The molecule has 72 valence electrons. The summed E-state index contributed by atoms with van der Waals surface area (Å²) in [7, 11) is 0. The minimum Gasteiger partial charge on any atom is -0.394 e. The van der Waals surface area contributed by atoms with E-state index >= 15 is 0 Å². The number of thioether (sulfide) groups is 1. The smallest absolute Gasteiger partial charge is 0.0613 e. The Hall–Kier alpha value is 0.270. The fraction of sp³-hybridized carbons (Fsp3) is 1.00. The van der Waals surface area contributed by atoms with Gasteiger partial charge in [-0.2, -0.15) is 11.8 Å². The molecular weight excluding hydrogens is 170 g/mol. The highest BCUT2D eigenvalue weighted by Gasteiger charge is 2.35. The maximum atomic E-state index is 9.12. The molecule has 0 aliphatic heterocycles. The van der Waals surface area contributed by atoms with Gasteiger partial charge in [0.2, 0.25) is 0 Å². The maximum Gasteiger partial charge on any atom is 0.0613 e. The Morgan fingerprint density at radius 3 is 2.67 bits per heavy atom. The second kappa shape index (κ2) is 5.10. The van der Waals surface area contributed by atoms with E-state index in [0.29, 0.717) is 6.61 Å². The van der Waals surface area contributed by atoms with Crippen molar-refractivity contribution in [2.45, 2.75) is 31.7 Å². The van der Waals surface area contributed by atoms with E-state index in [1.807, 2.05) is 11.8 Å². The third-order valence-electron chi connectivity index (χ3n) is 2.56. The minimum atomic E-state index is 0.105. The quantitative estimate of drug-likeness (QED) is 0.617. The highest BCUT2D eigenvalue weighted by molar-refractivity contribution is 7.99. The standard InChI is InChI=1S/C9H19NOS/c1-2-12-7-6-10-9(8-11)4-3-5-9/h10-11H,2-8H2,1H3. The largest absolute Gasteiger partial charge is 0.394 e. The molecule has 0 atom stereocenters. The van der Waals surface area contributed by atoms with Crippen LogP contribution < -0.4 is 5.32 Å². The Labute approximate surface area is 79.1 Å². The molecule has 3 heteroatoms. The van der Waals surface area contributed by atoms with Gasteiger partial charge in [-0.25, -0.2) is 0 Å². The average molecular weight is 189 g/mol. The third kappa shape index (κ3) is 2.64. The normalized spacial score (nSPS) is 20.5. The van der Waals surface area contributed by atoms with Crippen LogP contribution in [0, 0.1) is 0 Å². The zero-order valence-corrected chi connectivity index (χ0v) is 8.62. The van der Waals surface area contributed by atoms with E-state index in [0.717, 1.165) is 25.1 Å². The zero-order chi connectivity index (χ0) is 8.86. The SMILES string of the molecule is CCSCCNC1(CO)CCC1. The van der Waals surface area contributed by atoms with Gasteiger partial charge in [-0.3, -0.25) is 0 Å². The molecule has 0 aromatic carbocycles. The second-order valence-electron chi connectivity index (χ2n) is 3.42. The first kappa shape index (κ1) is 10.4. The molecule has 0 aromatic rings. The first-order chi connectivity index (χ1) is 5.83. The molecule has 12 heavy (non-hydrogen) atoms. The van der Waals surface area contributed by atoms with E-state index in [-0.39, 0.29) is 5.54 Å². The molecule has 1 aliphatic carbocycles. The predicted molar refractivity (Wildman–Crippen MR) is 54.7 cm³/mol. The Morgan fingerprint density at radius 2 is 2.25 bits per heavy atom. The van der Waals surface area contributed by atoms with E-state index in [1.165, 1.54) is 12.2 Å². The summed E-state index contributed by atoms with van der Waals surface area (Å²) in [4.78, 5) is 0. The summed E-state index contributed by atoms with van der Waals surface area (Å²) in [6.07, 6.45) is 3.58. The van der Waals surface area contributed by atoms with E-state index < -0.39 is 0 Å². The Bertz CT molecular complexity index is 120. The van der Waals surface area contributed by atoms with Gasteiger partial charge in [0.05, 0.1) is 6.61 Å². The monoisotopic (exact) mass is 189 g/mol. The van der Waals surface area contributed by atoms with E-state index in [2.05, 4.69) is 12.2 Å². The lowest BCUT2D eigenvalue weighted by atomic mass is 9.77. The third-order valence-corrected chi connectivity index (χ3v) is 3.46. The van der Waals surface area contributed by atoms with Crippen LogP contribution in [0.5, 0.6) is 0 Å². The van der Waals surface area contributed by atoms with Crippen LogP contribution in [-0.4, -0.2) is 35.3 Å². The van der Waals surface area contributed by atoms with Crippen molar-refractivity contribution in [3.63, 3.8) is 0 Å². The van der Waals surface area contributed by atoms with Gasteiger partial charge in [0.15, 0.2) is 0 Å². The molecule has 1 saturated carbocycles. The fourth-order valence-electron chi connectivity index (χ4n) is 1.53. The van der Waals surface area contributed by atoms with E-state index in [1.54, 1.807) is 0 Å². The van der Waals surface area contributed by atoms with Gasteiger partial charge >= 0.3 is 0 Å². The van der Waals surface area contributed by atoms with Crippen LogP contribution in [0.25, 0.3) is 0 Å². The van der Waals surface area contributed by atoms with Crippen molar-refractivity contribution in [3.8, 4) is 0 Å². The van der Waals surface area contributed by atoms with Crippen LogP contribution in [0.2, 0.25) is 0 Å². The molecule has 0 unspecified atom stereocenters. The van der Waals surface area contributed by atoms with Gasteiger partial charge in [-0.05, 0) is 25.0 Å². The molecule has 0 amide bonds. The van der Waals surface area contributed by atoms with Crippen LogP contribution in [0.15, 0.2) is 0 Å². The molecule has 0 bridgehead atoms. The molecule has 0 heterocycles. The molecule has 0 saturated heterocycles. The van der Waals surface area contributed by atoms with Crippen molar-refractivity contribution in [2.75, 3.05) is 24.7 Å². The number of rotatable bonds is 6. The van der Waals surface area contributed by atoms with Crippen LogP contribution in [0.4, 0.5) is 0 Å². The molecule has 2 nitrogen and oxygen atoms in total. The predicted octanol–water partition coefficient (Wildman–Crippen LogP) is 1.24. The van der Waals surface area contributed by atoms with Crippen molar-refractivity contribution in [1.82, 2.24) is 5.32 Å². The summed E-state index contributed by atoms with van der Waals surface area (Å²) in [5, 5.41) is 12.6. The number of nitrogens with one attached hydrogen (secondary N) is 1. The lowest BCUT2D eigenvalue weighted by Crippen LogP contribution is -2.54. The van der Waals surface area contributed by atoms with Gasteiger partial charge < -0.3 is 10.4 Å². The van der Waals surface area contributed by atoms with Crippen molar-refractivity contribution < 1.29 is 5.11 Å². The van der Waals surface area contributed by atoms with E-state index in [4.69, 9.17) is 5.11 Å². The van der Waals surface area contributed by atoms with Crippen molar-refractivity contribution in [1.29, 1.82) is 0 Å². The summed E-state index contributed by atoms with van der Waals surface area (Å²) >= 11 is 1.95. The molecular formula is C9H19NOS. The Balaban J connectivity index is 2.04. The number of aliphatic hydroxyl groups excluding tert-OH is 1. The molecule has 0 spiro atoms. The van der Waals surface area contributed by atoms with Gasteiger partial charge in [-0.15, -0.1) is 0 Å². The minimum absolute atomic E-state index is 0.105. The first-order valence-corrected chi connectivity index (χ1v) is 5.92. The Morgan fingerprint density at radius 1 is 1.50 bits per heavy atom. The Kier molecular flexibility index (Phi) is 4.40. The van der Waals surface area contributed by atoms with Crippen LogP contribution in [0.3, 0.4) is 0 Å². The number of hydrogen-bond donors (Lipinski definition) is 2. The zero-order valence-electron chi connectivity index (χ0n) is 7.81. The van der Waals surface area contributed by atoms with Crippen molar-refractivity contribution in [2.24, 2.45) is 0 Å². The molecule has 1 aliphatic rings. The summed E-state index contributed by atoms with van der Waals surface area (Å²) in [6, 6.07) is 0. The van der Waals surface area contributed by atoms with Crippen LogP contribution >= 0.6 is 11.8 Å². The highest BCUT2D eigenvalue weighted by atomic mass is 32.2. The lowest BCUT2D eigenvalue weighted by Gasteiger charge is -2.41. The second-order valence-corrected chi connectivity index (χ2v) is 4.81. The first-order valence-electron chi connectivity index (χ1n) is 4.76. The van der Waals surface area contributed by atoms with Gasteiger partial charge in [-0.1, -0.05) is 6.92 Å². The lowest BCUT2D eigenvalue weighted by molar-refractivity contribution is 0.0911. The van der Waals surface area contributed by atoms with Gasteiger partial charge in [0.25, 0.3) is 0 Å². The topological polar surface area (TPSA) is 32.3 Å². The summed E-state index contributed by atoms with van der Waals surface area (Å²) in [6.45, 7) is 3.53. The molecule has 1 rings (SSSR count). The van der Waals surface area contributed by atoms with Crippen LogP contribution in [0.1, 0.15) is 26.2 Å².